The lowest BCUT2D eigenvalue weighted by Crippen LogP contribution is -2.59. The fourth-order valence-electron chi connectivity index (χ4n) is 10.0. The highest BCUT2D eigenvalue weighted by molar-refractivity contribution is 7.98. The van der Waals surface area contributed by atoms with Gasteiger partial charge in [0.1, 0.15) is 54.4 Å². The third kappa shape index (κ3) is 33.1. The van der Waals surface area contributed by atoms with E-state index < -0.39 is 175 Å². The Labute approximate surface area is 574 Å². The normalized spacial score (nSPS) is 14.7. The number of rotatable bonds is 46. The van der Waals surface area contributed by atoms with Gasteiger partial charge >= 0.3 is 5.97 Å². The first-order valence-corrected chi connectivity index (χ1v) is 34.6. The van der Waals surface area contributed by atoms with Gasteiger partial charge in [0.05, 0.1) is 32.3 Å². The van der Waals surface area contributed by atoms with Crippen LogP contribution in [-0.2, 0) is 75.2 Å². The Morgan fingerprint density at radius 2 is 0.845 bits per heavy atom. The minimum Gasteiger partial charge on any atom is -0.480 e. The van der Waals surface area contributed by atoms with E-state index in [2.05, 4.69) is 63.8 Å². The van der Waals surface area contributed by atoms with E-state index in [4.69, 9.17) is 11.5 Å². The number of benzene rings is 2. The van der Waals surface area contributed by atoms with Crippen molar-refractivity contribution in [1.29, 1.82) is 0 Å². The smallest absolute Gasteiger partial charge is 0.326 e. The van der Waals surface area contributed by atoms with Crippen molar-refractivity contribution >= 4 is 88.6 Å². The van der Waals surface area contributed by atoms with Gasteiger partial charge in [-0.15, -0.1) is 0 Å². The van der Waals surface area contributed by atoms with Crippen LogP contribution in [0.3, 0.4) is 0 Å². The summed E-state index contributed by atoms with van der Waals surface area (Å²) in [6.45, 7) is 15.0. The highest BCUT2D eigenvalue weighted by atomic mass is 32.2. The van der Waals surface area contributed by atoms with E-state index in [1.54, 1.807) is 90.3 Å². The summed E-state index contributed by atoms with van der Waals surface area (Å²) in [4.78, 5) is 175. The zero-order valence-corrected chi connectivity index (χ0v) is 58.8. The standard InChI is InChI=1S/C67H108N14O15S/c1-12-42(10)57(80-55(85)36-71-60(88)52(37-82)79-64(92)49(30-39(4)5)75-58(86)45(69)32-43-21-15-13-16-22-43)66(94)81-56(41(8)9)65(93)72-35-54(84)74-47(26-28-97-11)62(90)76-48(29-38(2)3)59(87)70-34-53(83)73-46(25-19-20-27-68)61(89)77-50(31-40(6)7)63(91)78-51(67(95)96)33-44-23-17-14-18-24-44/h13-18,21-24,38-42,45-52,56-57,82H,12,19-20,25-37,68-69H2,1-11H3,(H,70,87)(H,71,88)(H,72,93)(H,73,83)(H,74,84)(H,75,86)(H,76,90)(H,77,89)(H,78,91)(H,79,92)(H,80,85)(H,81,94)(H,95,96)/t42-,45-,46-,47-,48-,49-,50-,51-,52-,56-,57-/m0/s1. The molecule has 0 unspecified atom stereocenters. The molecule has 0 bridgehead atoms. The molecule has 0 saturated carbocycles. The molecule has 0 radical (unpaired) electrons. The molecule has 30 heteroatoms. The van der Waals surface area contributed by atoms with Gasteiger partial charge in [-0.3, -0.25) is 57.5 Å². The summed E-state index contributed by atoms with van der Waals surface area (Å²) in [6, 6.07) is 5.50. The van der Waals surface area contributed by atoms with Gasteiger partial charge < -0.3 is 85.5 Å². The number of carboxylic acid groups (broad SMARTS) is 1. The van der Waals surface area contributed by atoms with E-state index in [1.165, 1.54) is 11.8 Å². The first-order valence-electron chi connectivity index (χ1n) is 33.2. The van der Waals surface area contributed by atoms with Gasteiger partial charge in [-0.2, -0.15) is 11.8 Å². The average molecular weight is 1380 g/mol. The minimum atomic E-state index is -1.54. The van der Waals surface area contributed by atoms with E-state index >= 15 is 0 Å². The summed E-state index contributed by atoms with van der Waals surface area (Å²) < 4.78 is 0. The van der Waals surface area contributed by atoms with Crippen molar-refractivity contribution in [3.8, 4) is 0 Å². The van der Waals surface area contributed by atoms with Crippen LogP contribution in [0.2, 0.25) is 0 Å². The first-order chi connectivity index (χ1) is 45.8. The number of hydrogen-bond donors (Lipinski definition) is 16. The maximum Gasteiger partial charge on any atom is 0.326 e. The SMILES string of the molecule is CC[C@H](C)[C@H](NC(=O)CNC(=O)[C@H](CO)NC(=O)[C@H](CC(C)C)NC(=O)[C@@H](N)Cc1ccccc1)C(=O)N[C@H](C(=O)NCC(=O)N[C@@H](CCSC)C(=O)N[C@@H](CC(C)C)C(=O)NCC(=O)N[C@@H](CCCCN)C(=O)N[C@@H](CC(C)C)C(=O)N[C@@H](Cc1ccccc1)C(=O)O)C(C)C. The van der Waals surface area contributed by atoms with Crippen LogP contribution in [0.15, 0.2) is 60.7 Å². The molecule has 0 aliphatic heterocycles. The molecule has 0 fully saturated rings. The molecule has 0 saturated heterocycles. The lowest BCUT2D eigenvalue weighted by Gasteiger charge is -2.28. The molecule has 2 rings (SSSR count). The molecule has 0 aromatic heterocycles. The van der Waals surface area contributed by atoms with Crippen molar-refractivity contribution in [3.05, 3.63) is 71.8 Å². The van der Waals surface area contributed by atoms with E-state index in [1.807, 2.05) is 45.9 Å². The number of nitrogens with one attached hydrogen (secondary N) is 12. The van der Waals surface area contributed by atoms with E-state index in [-0.39, 0.29) is 69.2 Å². The summed E-state index contributed by atoms with van der Waals surface area (Å²) in [6.07, 6.45) is 3.83. The Kier molecular flexibility index (Phi) is 39.6. The highest BCUT2D eigenvalue weighted by Gasteiger charge is 2.35. The lowest BCUT2D eigenvalue weighted by atomic mass is 9.96. The van der Waals surface area contributed by atoms with Crippen molar-refractivity contribution in [2.75, 3.05) is 44.8 Å². The van der Waals surface area contributed by atoms with Crippen LogP contribution in [0.4, 0.5) is 0 Å². The Balaban J connectivity index is 2.12. The summed E-state index contributed by atoms with van der Waals surface area (Å²) in [5.74, 6) is -11.6. The summed E-state index contributed by atoms with van der Waals surface area (Å²) in [7, 11) is 0. The number of aliphatic hydroxyl groups excluding tert-OH is 1. The van der Waals surface area contributed by atoms with Crippen LogP contribution in [0.1, 0.15) is 132 Å². The highest BCUT2D eigenvalue weighted by Crippen LogP contribution is 2.15. The Bertz CT molecular complexity index is 2870. The fraction of sp³-hybridized carbons (Fsp3) is 0.627. The van der Waals surface area contributed by atoms with Crippen LogP contribution >= 0.6 is 11.8 Å². The quantitative estimate of drug-likeness (QED) is 0.0365. The monoisotopic (exact) mass is 1380 g/mol. The molecule has 542 valence electrons. The Hall–Kier alpha value is -8.22. The summed E-state index contributed by atoms with van der Waals surface area (Å²) in [5, 5.41) is 50.9. The number of carbonyl (C=O) groups excluding carboxylic acids is 12. The second-order valence-electron chi connectivity index (χ2n) is 25.8. The lowest BCUT2D eigenvalue weighted by molar-refractivity contribution is -0.142. The summed E-state index contributed by atoms with van der Waals surface area (Å²) >= 11 is 1.37. The first kappa shape index (κ1) is 84.9. The Morgan fingerprint density at radius 1 is 0.443 bits per heavy atom. The van der Waals surface area contributed by atoms with Crippen molar-refractivity contribution in [1.82, 2.24) is 63.8 Å². The number of carbonyl (C=O) groups is 13. The zero-order valence-electron chi connectivity index (χ0n) is 58.0. The van der Waals surface area contributed by atoms with Gasteiger partial charge in [0.25, 0.3) is 0 Å². The molecule has 2 aromatic carbocycles. The second kappa shape index (κ2) is 45.3. The maximum atomic E-state index is 14.0. The third-order valence-electron chi connectivity index (χ3n) is 15.6. The van der Waals surface area contributed by atoms with Gasteiger partial charge in [0.2, 0.25) is 70.9 Å². The predicted molar refractivity (Wildman–Crippen MR) is 368 cm³/mol. The number of carboxylic acids is 1. The number of hydrogen-bond acceptors (Lipinski definition) is 17. The van der Waals surface area contributed by atoms with Crippen LogP contribution in [-0.4, -0.2) is 192 Å². The van der Waals surface area contributed by atoms with Gasteiger partial charge in [0.15, 0.2) is 0 Å². The number of unbranched alkanes of at least 4 members (excludes halogenated alkanes) is 1. The van der Waals surface area contributed by atoms with Gasteiger partial charge in [-0.1, -0.05) is 136 Å². The molecular weight excluding hydrogens is 1270 g/mol. The van der Waals surface area contributed by atoms with Crippen LogP contribution in [0.5, 0.6) is 0 Å². The number of aliphatic hydroxyl groups is 1. The van der Waals surface area contributed by atoms with E-state index in [0.29, 0.717) is 30.6 Å². The molecule has 11 atom stereocenters. The van der Waals surface area contributed by atoms with Crippen LogP contribution in [0.25, 0.3) is 0 Å². The number of thioether (sulfide) groups is 1. The van der Waals surface area contributed by atoms with Gasteiger partial charge in [-0.25, -0.2) is 4.79 Å². The molecule has 12 amide bonds. The largest absolute Gasteiger partial charge is 0.480 e. The van der Waals surface area contributed by atoms with E-state index in [0.717, 1.165) is 5.56 Å². The molecule has 2 aromatic rings. The number of amides is 12. The Morgan fingerprint density at radius 3 is 1.28 bits per heavy atom. The summed E-state index contributed by atoms with van der Waals surface area (Å²) in [5.41, 5.74) is 13.4. The van der Waals surface area contributed by atoms with Crippen molar-refractivity contribution in [3.63, 3.8) is 0 Å². The van der Waals surface area contributed by atoms with Crippen molar-refractivity contribution < 1.29 is 72.5 Å². The van der Waals surface area contributed by atoms with Crippen LogP contribution < -0.4 is 75.3 Å². The molecule has 0 aliphatic rings. The molecule has 0 aliphatic carbocycles. The molecule has 0 heterocycles. The van der Waals surface area contributed by atoms with Crippen LogP contribution in [0, 0.1) is 29.6 Å². The topological polar surface area (TPSA) is 459 Å². The fourth-order valence-corrected chi connectivity index (χ4v) is 10.5. The number of aliphatic carboxylic acids is 1. The zero-order chi connectivity index (χ0) is 72.9. The average Bonchev–Trinajstić information content (AvgIpc) is 0.946. The van der Waals surface area contributed by atoms with Crippen molar-refractivity contribution in [2.24, 2.45) is 41.1 Å². The molecule has 18 N–H and O–H groups in total. The maximum absolute atomic E-state index is 14.0. The van der Waals surface area contributed by atoms with E-state index in [9.17, 15) is 72.5 Å². The molecular formula is C67H108N14O15S. The third-order valence-corrected chi connectivity index (χ3v) is 16.2. The minimum absolute atomic E-state index is 0.0109. The van der Waals surface area contributed by atoms with Gasteiger partial charge in [0, 0.05) is 6.42 Å². The predicted octanol–water partition coefficient (Wildman–Crippen LogP) is -0.690. The molecule has 0 spiro atoms. The second-order valence-corrected chi connectivity index (χ2v) is 26.8. The van der Waals surface area contributed by atoms with Gasteiger partial charge in [-0.05, 0) is 111 Å². The van der Waals surface area contributed by atoms with Crippen molar-refractivity contribution in [2.45, 2.75) is 194 Å². The molecule has 29 nitrogen and oxygen atoms in total. The number of nitrogens with two attached hydrogens (primary N) is 2. The molecule has 97 heavy (non-hydrogen) atoms.